The Labute approximate surface area is 138 Å². The number of hydrogen-bond donors (Lipinski definition) is 1. The summed E-state index contributed by atoms with van der Waals surface area (Å²) < 4.78 is 3.38. The van der Waals surface area contributed by atoms with Gasteiger partial charge in [-0.2, -0.15) is 5.10 Å². The molecule has 0 amide bonds. The zero-order chi connectivity index (χ0) is 14.8. The molecule has 21 heavy (non-hydrogen) atoms. The van der Waals surface area contributed by atoms with E-state index in [1.165, 1.54) is 34.3 Å². The third-order valence-corrected chi connectivity index (χ3v) is 5.84. The van der Waals surface area contributed by atoms with Crippen LogP contribution in [0.3, 0.4) is 0 Å². The van der Waals surface area contributed by atoms with Gasteiger partial charge >= 0.3 is 0 Å². The number of halogens is 1. The molecule has 1 aliphatic carbocycles. The number of fused-ring (bicyclic) bond motifs is 1. The summed E-state index contributed by atoms with van der Waals surface area (Å²) in [5, 5.41) is 8.25. The Balaban J connectivity index is 1.51. The van der Waals surface area contributed by atoms with Crippen LogP contribution in [0.1, 0.15) is 47.1 Å². The van der Waals surface area contributed by atoms with Crippen molar-refractivity contribution in [3.05, 3.63) is 37.7 Å². The maximum absolute atomic E-state index is 4.52. The summed E-state index contributed by atoms with van der Waals surface area (Å²) in [5.74, 6) is 0. The quantitative estimate of drug-likeness (QED) is 0.794. The Morgan fingerprint density at radius 3 is 3.05 bits per heavy atom. The molecule has 0 fully saturated rings. The van der Waals surface area contributed by atoms with Crippen LogP contribution in [0.2, 0.25) is 0 Å². The second-order valence-corrected chi connectivity index (χ2v) is 8.35. The van der Waals surface area contributed by atoms with Gasteiger partial charge in [-0.05, 0) is 79.7 Å². The molecule has 1 aliphatic rings. The zero-order valence-corrected chi connectivity index (χ0v) is 15.1. The van der Waals surface area contributed by atoms with E-state index in [0.717, 1.165) is 25.2 Å². The highest BCUT2D eigenvalue weighted by Crippen LogP contribution is 2.37. The van der Waals surface area contributed by atoms with Crippen molar-refractivity contribution in [3.63, 3.8) is 0 Å². The summed E-state index contributed by atoms with van der Waals surface area (Å²) in [6, 6.07) is 4.98. The molecule has 0 radical (unpaired) electrons. The van der Waals surface area contributed by atoms with Crippen molar-refractivity contribution in [3.8, 4) is 0 Å². The lowest BCUT2D eigenvalue weighted by Crippen LogP contribution is -2.26. The molecule has 2 aromatic rings. The smallest absolute Gasteiger partial charge is 0.0704 e. The van der Waals surface area contributed by atoms with Crippen molar-refractivity contribution < 1.29 is 0 Å². The van der Waals surface area contributed by atoms with Gasteiger partial charge in [0.2, 0.25) is 0 Å². The first-order chi connectivity index (χ1) is 10.1. The van der Waals surface area contributed by atoms with E-state index in [1.54, 1.807) is 4.88 Å². The van der Waals surface area contributed by atoms with Crippen LogP contribution >= 0.6 is 27.3 Å². The number of hydrogen-bond acceptors (Lipinski definition) is 3. The number of aromatic nitrogens is 2. The molecule has 3 nitrogen and oxygen atoms in total. The molecule has 0 aromatic carbocycles. The van der Waals surface area contributed by atoms with E-state index in [9.17, 15) is 0 Å². The molecular weight excluding hydrogens is 346 g/mol. The van der Waals surface area contributed by atoms with E-state index in [-0.39, 0.29) is 0 Å². The summed E-state index contributed by atoms with van der Waals surface area (Å²) in [6.45, 7) is 6.24. The molecule has 0 spiro atoms. The molecule has 5 heteroatoms. The number of nitrogens with one attached hydrogen (secondary N) is 1. The molecule has 0 saturated carbocycles. The van der Waals surface area contributed by atoms with Crippen LogP contribution in [0, 0.1) is 13.8 Å². The summed E-state index contributed by atoms with van der Waals surface area (Å²) in [4.78, 5) is 1.56. The first-order valence-corrected chi connectivity index (χ1v) is 9.27. The molecule has 0 bridgehead atoms. The van der Waals surface area contributed by atoms with Crippen molar-refractivity contribution in [2.75, 3.05) is 6.54 Å². The summed E-state index contributed by atoms with van der Waals surface area (Å²) >= 11 is 5.52. The van der Waals surface area contributed by atoms with Gasteiger partial charge in [0.25, 0.3) is 0 Å². The molecule has 2 heterocycles. The second kappa shape index (κ2) is 6.63. The Hall–Kier alpha value is -0.650. The molecule has 0 aliphatic heterocycles. The average Bonchev–Trinajstić information content (AvgIpc) is 2.96. The van der Waals surface area contributed by atoms with Gasteiger partial charge in [0.1, 0.15) is 0 Å². The van der Waals surface area contributed by atoms with Crippen molar-refractivity contribution in [1.82, 2.24) is 15.1 Å². The number of thiophene rings is 1. The Morgan fingerprint density at radius 2 is 2.29 bits per heavy atom. The van der Waals surface area contributed by atoms with Gasteiger partial charge in [-0.25, -0.2) is 0 Å². The van der Waals surface area contributed by atoms with Gasteiger partial charge < -0.3 is 5.32 Å². The van der Waals surface area contributed by atoms with E-state index in [0.29, 0.717) is 6.04 Å². The lowest BCUT2D eigenvalue weighted by Gasteiger charge is -2.23. The highest BCUT2D eigenvalue weighted by Gasteiger charge is 2.21. The lowest BCUT2D eigenvalue weighted by molar-refractivity contribution is 0.441. The second-order valence-electron chi connectivity index (χ2n) is 5.83. The highest BCUT2D eigenvalue weighted by molar-refractivity contribution is 9.11. The normalized spacial score (nSPS) is 18.0. The monoisotopic (exact) mass is 367 g/mol. The standard InChI is InChI=1S/C16H22BrN3S/c1-11-9-12(2)20(19-11)8-4-7-18-14-5-3-6-15-13(14)10-16(17)21-15/h9-10,14,18H,3-8H2,1-2H3. The molecule has 2 aromatic heterocycles. The van der Waals surface area contributed by atoms with E-state index in [4.69, 9.17) is 0 Å². The SMILES string of the molecule is Cc1cc(C)n(CCCNC2CCCc3sc(Br)cc32)n1. The van der Waals surface area contributed by atoms with Crippen molar-refractivity contribution >= 4 is 27.3 Å². The lowest BCUT2D eigenvalue weighted by atomic mass is 9.94. The molecule has 1 atom stereocenters. The topological polar surface area (TPSA) is 29.9 Å². The van der Waals surface area contributed by atoms with Gasteiger partial charge in [0.15, 0.2) is 0 Å². The fraction of sp³-hybridized carbons (Fsp3) is 0.562. The Morgan fingerprint density at radius 1 is 1.43 bits per heavy atom. The molecule has 1 unspecified atom stereocenters. The van der Waals surface area contributed by atoms with E-state index in [1.807, 2.05) is 11.3 Å². The molecule has 1 N–H and O–H groups in total. The maximum Gasteiger partial charge on any atom is 0.0704 e. The van der Waals surface area contributed by atoms with Gasteiger partial charge in [0, 0.05) is 23.2 Å². The van der Waals surface area contributed by atoms with Crippen molar-refractivity contribution in [1.29, 1.82) is 0 Å². The minimum Gasteiger partial charge on any atom is -0.310 e. The fourth-order valence-corrected chi connectivity index (χ4v) is 4.96. The van der Waals surface area contributed by atoms with Gasteiger partial charge in [-0.15, -0.1) is 11.3 Å². The minimum absolute atomic E-state index is 0.539. The fourth-order valence-electron chi connectivity index (χ4n) is 3.14. The maximum atomic E-state index is 4.52. The molecular formula is C16H22BrN3S. The van der Waals surface area contributed by atoms with Crippen molar-refractivity contribution in [2.24, 2.45) is 0 Å². The van der Waals surface area contributed by atoms with Crippen LogP contribution in [0.5, 0.6) is 0 Å². The summed E-state index contributed by atoms with van der Waals surface area (Å²) in [5.41, 5.74) is 3.89. The molecule has 114 valence electrons. The van der Waals surface area contributed by atoms with Crippen LogP contribution in [0.4, 0.5) is 0 Å². The predicted octanol–water partition coefficient (Wildman–Crippen LogP) is 4.38. The van der Waals surface area contributed by atoms with E-state index >= 15 is 0 Å². The third kappa shape index (κ3) is 3.58. The minimum atomic E-state index is 0.539. The van der Waals surface area contributed by atoms with Crippen LogP contribution in [0.15, 0.2) is 15.9 Å². The molecule has 0 saturated heterocycles. The first-order valence-electron chi connectivity index (χ1n) is 7.66. The molecule has 3 rings (SSSR count). The number of nitrogens with zero attached hydrogens (tertiary/aromatic N) is 2. The van der Waals surface area contributed by atoms with Crippen LogP contribution in [-0.4, -0.2) is 16.3 Å². The largest absolute Gasteiger partial charge is 0.310 e. The Bertz CT molecular complexity index is 617. The van der Waals surface area contributed by atoms with Gasteiger partial charge in [-0.3, -0.25) is 4.68 Å². The number of rotatable bonds is 5. The average molecular weight is 368 g/mol. The van der Waals surface area contributed by atoms with Crippen molar-refractivity contribution in [2.45, 2.75) is 52.1 Å². The van der Waals surface area contributed by atoms with E-state index in [2.05, 4.69) is 57.0 Å². The summed E-state index contributed by atoms with van der Waals surface area (Å²) in [6.07, 6.45) is 4.93. The van der Waals surface area contributed by atoms with Crippen LogP contribution < -0.4 is 5.32 Å². The van der Waals surface area contributed by atoms with Crippen LogP contribution in [-0.2, 0) is 13.0 Å². The number of aryl methyl sites for hydroxylation is 4. The zero-order valence-electron chi connectivity index (χ0n) is 12.7. The van der Waals surface area contributed by atoms with Gasteiger partial charge in [0.05, 0.1) is 9.48 Å². The third-order valence-electron chi connectivity index (χ3n) is 4.12. The van der Waals surface area contributed by atoms with Gasteiger partial charge in [-0.1, -0.05) is 0 Å². The Kier molecular flexibility index (Phi) is 4.82. The van der Waals surface area contributed by atoms with E-state index < -0.39 is 0 Å². The highest BCUT2D eigenvalue weighted by atomic mass is 79.9. The predicted molar refractivity (Wildman–Crippen MR) is 92.0 cm³/mol. The van der Waals surface area contributed by atoms with Crippen LogP contribution in [0.25, 0.3) is 0 Å². The first kappa shape index (κ1) is 15.3. The summed E-state index contributed by atoms with van der Waals surface area (Å²) in [7, 11) is 0.